The number of rotatable bonds is 4. The topological polar surface area (TPSA) is 71.2 Å². The van der Waals surface area contributed by atoms with Crippen molar-refractivity contribution in [2.24, 2.45) is 0 Å². The zero-order valence-corrected chi connectivity index (χ0v) is 9.95. The molecule has 1 rings (SSSR count). The van der Waals surface area contributed by atoms with E-state index < -0.39 is 0 Å². The van der Waals surface area contributed by atoms with Gasteiger partial charge < -0.3 is 16.0 Å². The second kappa shape index (κ2) is 5.34. The van der Waals surface area contributed by atoms with Crippen molar-refractivity contribution in [3.8, 4) is 0 Å². The van der Waals surface area contributed by atoms with Gasteiger partial charge in [-0.2, -0.15) is 0 Å². The predicted molar refractivity (Wildman–Crippen MR) is 65.2 cm³/mol. The lowest BCUT2D eigenvalue weighted by atomic mass is 10.2. The maximum atomic E-state index is 11.5. The fourth-order valence-corrected chi connectivity index (χ4v) is 1.18. The lowest BCUT2D eigenvalue weighted by Crippen LogP contribution is -2.32. The average Bonchev–Trinajstić information content (AvgIpc) is 2.29. The Kier molecular flexibility index (Phi) is 4.10. The summed E-state index contributed by atoms with van der Waals surface area (Å²) in [5.74, 6) is 0.586. The molecule has 0 radical (unpaired) electrons. The van der Waals surface area contributed by atoms with Gasteiger partial charge >= 0.3 is 0 Å². The maximum Gasteiger partial charge on any atom is 0.241 e. The van der Waals surface area contributed by atoms with Gasteiger partial charge in [-0.1, -0.05) is 0 Å². The van der Waals surface area contributed by atoms with Crippen molar-refractivity contribution in [1.29, 1.82) is 0 Å². The lowest BCUT2D eigenvalue weighted by molar-refractivity contribution is -0.127. The van der Waals surface area contributed by atoms with E-state index in [-0.39, 0.29) is 12.5 Å². The van der Waals surface area contributed by atoms with Gasteiger partial charge in [0.1, 0.15) is 5.82 Å². The molecule has 0 saturated carbocycles. The van der Waals surface area contributed by atoms with Gasteiger partial charge in [-0.05, 0) is 25.5 Å². The third-order valence-corrected chi connectivity index (χ3v) is 2.52. The molecule has 5 heteroatoms. The SMILES string of the molecule is CCN(C)C(=O)CNc1nccc(C)c1N. The third-order valence-electron chi connectivity index (χ3n) is 2.52. The molecule has 0 unspecified atom stereocenters. The minimum absolute atomic E-state index is 0.0187. The maximum absolute atomic E-state index is 11.5. The van der Waals surface area contributed by atoms with Gasteiger partial charge in [-0.3, -0.25) is 4.79 Å². The van der Waals surface area contributed by atoms with E-state index >= 15 is 0 Å². The molecule has 0 saturated heterocycles. The van der Waals surface area contributed by atoms with E-state index in [1.54, 1.807) is 18.1 Å². The van der Waals surface area contributed by atoms with E-state index in [1.807, 2.05) is 19.9 Å². The van der Waals surface area contributed by atoms with Crippen LogP contribution in [0.3, 0.4) is 0 Å². The van der Waals surface area contributed by atoms with E-state index in [4.69, 9.17) is 5.73 Å². The van der Waals surface area contributed by atoms with Crippen LogP contribution in [0.1, 0.15) is 12.5 Å². The van der Waals surface area contributed by atoms with Gasteiger partial charge in [0.2, 0.25) is 5.91 Å². The number of nitrogens with zero attached hydrogens (tertiary/aromatic N) is 2. The van der Waals surface area contributed by atoms with Crippen LogP contribution in [0.25, 0.3) is 0 Å². The molecule has 1 aromatic rings. The Morgan fingerprint density at radius 3 is 2.94 bits per heavy atom. The summed E-state index contributed by atoms with van der Waals surface area (Å²) >= 11 is 0. The highest BCUT2D eigenvalue weighted by Crippen LogP contribution is 2.18. The number of aryl methyl sites for hydroxylation is 1. The number of aromatic nitrogens is 1. The largest absolute Gasteiger partial charge is 0.396 e. The number of nitrogens with one attached hydrogen (secondary N) is 1. The van der Waals surface area contributed by atoms with E-state index in [0.29, 0.717) is 18.1 Å². The van der Waals surface area contributed by atoms with Crippen LogP contribution in [0.15, 0.2) is 12.3 Å². The van der Waals surface area contributed by atoms with Crippen LogP contribution in [0.2, 0.25) is 0 Å². The van der Waals surface area contributed by atoms with Crippen molar-refractivity contribution in [2.75, 3.05) is 31.2 Å². The number of pyridine rings is 1. The summed E-state index contributed by atoms with van der Waals surface area (Å²) in [6, 6.07) is 1.83. The Balaban J connectivity index is 2.61. The molecule has 0 aliphatic rings. The van der Waals surface area contributed by atoms with Gasteiger partial charge in [-0.15, -0.1) is 0 Å². The summed E-state index contributed by atoms with van der Waals surface area (Å²) in [5.41, 5.74) is 7.37. The number of nitrogen functional groups attached to an aromatic ring is 1. The van der Waals surface area contributed by atoms with Crippen LogP contribution < -0.4 is 11.1 Å². The Morgan fingerprint density at radius 1 is 1.62 bits per heavy atom. The van der Waals surface area contributed by atoms with E-state index in [9.17, 15) is 4.79 Å². The first kappa shape index (κ1) is 12.3. The molecule has 0 spiro atoms. The van der Waals surface area contributed by atoms with Gasteiger partial charge in [0.15, 0.2) is 0 Å². The summed E-state index contributed by atoms with van der Waals surface area (Å²) in [5, 5.41) is 2.94. The molecule has 0 bridgehead atoms. The van der Waals surface area contributed by atoms with E-state index in [0.717, 1.165) is 5.56 Å². The smallest absolute Gasteiger partial charge is 0.241 e. The van der Waals surface area contributed by atoms with Crippen LogP contribution in [-0.2, 0) is 4.79 Å². The number of carbonyl (C=O) groups is 1. The molecule has 88 valence electrons. The van der Waals surface area contributed by atoms with Gasteiger partial charge in [0.25, 0.3) is 0 Å². The van der Waals surface area contributed by atoms with Crippen LogP contribution in [0.5, 0.6) is 0 Å². The van der Waals surface area contributed by atoms with Crippen molar-refractivity contribution >= 4 is 17.4 Å². The zero-order valence-electron chi connectivity index (χ0n) is 9.95. The first-order valence-electron chi connectivity index (χ1n) is 5.25. The van der Waals surface area contributed by atoms with Crippen molar-refractivity contribution in [2.45, 2.75) is 13.8 Å². The van der Waals surface area contributed by atoms with E-state index in [1.165, 1.54) is 0 Å². The first-order chi connectivity index (χ1) is 7.56. The normalized spacial score (nSPS) is 9.94. The summed E-state index contributed by atoms with van der Waals surface area (Å²) in [6.45, 7) is 4.74. The number of anilines is 2. The number of hydrogen-bond donors (Lipinski definition) is 2. The molecule has 5 nitrogen and oxygen atoms in total. The number of amides is 1. The Morgan fingerprint density at radius 2 is 2.31 bits per heavy atom. The fourth-order valence-electron chi connectivity index (χ4n) is 1.18. The highest BCUT2D eigenvalue weighted by atomic mass is 16.2. The highest BCUT2D eigenvalue weighted by molar-refractivity contribution is 5.81. The van der Waals surface area contributed by atoms with Crippen molar-refractivity contribution in [3.63, 3.8) is 0 Å². The van der Waals surface area contributed by atoms with Crippen LogP contribution >= 0.6 is 0 Å². The average molecular weight is 222 g/mol. The third kappa shape index (κ3) is 2.85. The number of carbonyl (C=O) groups excluding carboxylic acids is 1. The second-order valence-corrected chi connectivity index (χ2v) is 3.65. The molecule has 0 aliphatic heterocycles. The summed E-state index contributed by atoms with van der Waals surface area (Å²) in [4.78, 5) is 17.3. The van der Waals surface area contributed by atoms with Crippen LogP contribution in [-0.4, -0.2) is 35.9 Å². The number of hydrogen-bond acceptors (Lipinski definition) is 4. The molecule has 0 aliphatic carbocycles. The fraction of sp³-hybridized carbons (Fsp3) is 0.455. The molecule has 0 aromatic carbocycles. The molecule has 3 N–H and O–H groups in total. The highest BCUT2D eigenvalue weighted by Gasteiger charge is 2.08. The minimum Gasteiger partial charge on any atom is -0.396 e. The van der Waals surface area contributed by atoms with Crippen LogP contribution in [0, 0.1) is 6.92 Å². The minimum atomic E-state index is 0.0187. The second-order valence-electron chi connectivity index (χ2n) is 3.65. The summed E-state index contributed by atoms with van der Waals surface area (Å²) in [6.07, 6.45) is 1.67. The number of likely N-dealkylation sites (N-methyl/N-ethyl adjacent to an activating group) is 1. The molecule has 1 heterocycles. The Bertz CT molecular complexity index is 378. The van der Waals surface area contributed by atoms with Gasteiger partial charge in [-0.25, -0.2) is 4.98 Å². The standard InChI is InChI=1S/C11H18N4O/c1-4-15(3)9(16)7-14-11-10(12)8(2)5-6-13-11/h5-6H,4,7,12H2,1-3H3,(H,13,14). The zero-order chi connectivity index (χ0) is 12.1. The Labute approximate surface area is 95.7 Å². The van der Waals surface area contributed by atoms with Crippen molar-refractivity contribution in [3.05, 3.63) is 17.8 Å². The van der Waals surface area contributed by atoms with Gasteiger partial charge in [0, 0.05) is 19.8 Å². The summed E-state index contributed by atoms with van der Waals surface area (Å²) in [7, 11) is 1.76. The molecular formula is C11H18N4O. The molecule has 1 amide bonds. The van der Waals surface area contributed by atoms with Crippen LogP contribution in [0.4, 0.5) is 11.5 Å². The Hall–Kier alpha value is -1.78. The van der Waals surface area contributed by atoms with Crippen molar-refractivity contribution in [1.82, 2.24) is 9.88 Å². The van der Waals surface area contributed by atoms with Crippen molar-refractivity contribution < 1.29 is 4.79 Å². The molecule has 1 aromatic heterocycles. The molecule has 0 atom stereocenters. The monoisotopic (exact) mass is 222 g/mol. The molecule has 0 fully saturated rings. The van der Waals surface area contributed by atoms with Gasteiger partial charge in [0.05, 0.1) is 12.2 Å². The van der Waals surface area contributed by atoms with E-state index in [2.05, 4.69) is 10.3 Å². The number of nitrogens with two attached hydrogens (primary N) is 1. The summed E-state index contributed by atoms with van der Waals surface area (Å²) < 4.78 is 0. The quantitative estimate of drug-likeness (QED) is 0.792. The molecular weight excluding hydrogens is 204 g/mol. The lowest BCUT2D eigenvalue weighted by Gasteiger charge is -2.15. The predicted octanol–water partition coefficient (Wildman–Crippen LogP) is 0.862. The molecule has 16 heavy (non-hydrogen) atoms. The first-order valence-corrected chi connectivity index (χ1v) is 5.25.